The zero-order valence-electron chi connectivity index (χ0n) is 10.5. The summed E-state index contributed by atoms with van der Waals surface area (Å²) in [7, 11) is 0. The summed E-state index contributed by atoms with van der Waals surface area (Å²) in [4.78, 5) is 19.3. The fraction of sp³-hybridized carbons (Fsp3) is 0.133. The molecule has 4 nitrogen and oxygen atoms in total. The van der Waals surface area contributed by atoms with Crippen molar-refractivity contribution in [3.8, 4) is 0 Å². The third kappa shape index (κ3) is 4.81. The Hall–Kier alpha value is -2.33. The van der Waals surface area contributed by atoms with Gasteiger partial charge in [-0.2, -0.15) is 0 Å². The lowest BCUT2D eigenvalue weighted by atomic mass is 10.2. The van der Waals surface area contributed by atoms with Crippen molar-refractivity contribution < 1.29 is 4.79 Å². The van der Waals surface area contributed by atoms with Gasteiger partial charge in [0.25, 0.3) is 5.91 Å². The van der Waals surface area contributed by atoms with E-state index in [2.05, 4.69) is 15.3 Å². The van der Waals surface area contributed by atoms with Gasteiger partial charge in [0.1, 0.15) is 0 Å². The normalized spacial score (nSPS) is 10.7. The van der Waals surface area contributed by atoms with Crippen LogP contribution in [0.1, 0.15) is 11.1 Å². The zero-order chi connectivity index (χ0) is 13.3. The molecule has 1 amide bonds. The zero-order valence-corrected chi connectivity index (χ0v) is 10.5. The number of carbonyl (C=O) groups is 1. The summed E-state index contributed by atoms with van der Waals surface area (Å²) in [5.41, 5.74) is 2.01. The molecule has 4 heteroatoms. The second-order valence-corrected chi connectivity index (χ2v) is 4.02. The van der Waals surface area contributed by atoms with Crippen LogP contribution in [0.4, 0.5) is 0 Å². The molecule has 0 aliphatic rings. The molecule has 0 spiro atoms. The fourth-order valence-corrected chi connectivity index (χ4v) is 1.55. The number of amides is 1. The van der Waals surface area contributed by atoms with E-state index in [1.54, 1.807) is 30.7 Å². The molecule has 1 N–H and O–H groups in total. The monoisotopic (exact) mass is 253 g/mol. The molecule has 0 atom stereocenters. The summed E-state index contributed by atoms with van der Waals surface area (Å²) >= 11 is 0. The van der Waals surface area contributed by atoms with Gasteiger partial charge in [-0.25, -0.2) is 4.99 Å². The molecule has 0 saturated carbocycles. The number of rotatable bonds is 5. The van der Waals surface area contributed by atoms with Gasteiger partial charge in [0.15, 0.2) is 0 Å². The van der Waals surface area contributed by atoms with E-state index in [-0.39, 0.29) is 12.5 Å². The number of benzene rings is 1. The van der Waals surface area contributed by atoms with Crippen LogP contribution in [0, 0.1) is 0 Å². The smallest absolute Gasteiger partial charge is 0.259 e. The third-order valence-electron chi connectivity index (χ3n) is 2.51. The molecule has 2 aromatic rings. The summed E-state index contributed by atoms with van der Waals surface area (Å²) < 4.78 is 0. The lowest BCUT2D eigenvalue weighted by molar-refractivity contribution is -0.116. The Labute approximate surface area is 112 Å². The van der Waals surface area contributed by atoms with Crippen molar-refractivity contribution in [1.82, 2.24) is 10.3 Å². The Morgan fingerprint density at radius 2 is 1.89 bits per heavy atom. The molecule has 0 aliphatic carbocycles. The van der Waals surface area contributed by atoms with Crippen LogP contribution in [-0.2, 0) is 11.3 Å². The number of pyridine rings is 1. The Balaban J connectivity index is 1.75. The van der Waals surface area contributed by atoms with E-state index >= 15 is 0 Å². The quantitative estimate of drug-likeness (QED) is 0.827. The molecule has 1 aromatic carbocycles. The van der Waals surface area contributed by atoms with Crippen LogP contribution in [0.25, 0.3) is 0 Å². The summed E-state index contributed by atoms with van der Waals surface area (Å²) in [5, 5.41) is 3.06. The molecule has 2 rings (SSSR count). The Kier molecular flexibility index (Phi) is 4.96. The SMILES string of the molecule is O=C(CNCc1ccccc1)N=Cc1ccncc1. The van der Waals surface area contributed by atoms with Crippen molar-refractivity contribution >= 4 is 12.1 Å². The predicted octanol–water partition coefficient (Wildman–Crippen LogP) is 1.82. The van der Waals surface area contributed by atoms with Crippen LogP contribution in [0.2, 0.25) is 0 Å². The van der Waals surface area contributed by atoms with Crippen molar-refractivity contribution in [3.05, 3.63) is 66.0 Å². The van der Waals surface area contributed by atoms with Crippen LogP contribution >= 0.6 is 0 Å². The average Bonchev–Trinajstić information content (AvgIpc) is 2.47. The van der Waals surface area contributed by atoms with Gasteiger partial charge in [0, 0.05) is 25.2 Å². The lowest BCUT2D eigenvalue weighted by Gasteiger charge is -2.01. The van der Waals surface area contributed by atoms with E-state index in [1.807, 2.05) is 30.3 Å². The number of nitrogens with zero attached hydrogens (tertiary/aromatic N) is 2. The highest BCUT2D eigenvalue weighted by Crippen LogP contribution is 1.97. The lowest BCUT2D eigenvalue weighted by Crippen LogP contribution is -2.21. The number of hydrogen-bond donors (Lipinski definition) is 1. The van der Waals surface area contributed by atoms with Crippen molar-refractivity contribution in [2.75, 3.05) is 6.54 Å². The molecule has 0 radical (unpaired) electrons. The van der Waals surface area contributed by atoms with Crippen molar-refractivity contribution in [2.45, 2.75) is 6.54 Å². The topological polar surface area (TPSA) is 54.4 Å². The Morgan fingerprint density at radius 3 is 2.63 bits per heavy atom. The largest absolute Gasteiger partial charge is 0.304 e. The van der Waals surface area contributed by atoms with Gasteiger partial charge in [0.2, 0.25) is 0 Å². The first-order valence-electron chi connectivity index (χ1n) is 6.06. The molecule has 0 fully saturated rings. The highest BCUT2D eigenvalue weighted by Gasteiger charge is 1.97. The van der Waals surface area contributed by atoms with Crippen molar-refractivity contribution in [3.63, 3.8) is 0 Å². The van der Waals surface area contributed by atoms with Crippen molar-refractivity contribution in [2.24, 2.45) is 4.99 Å². The molecule has 0 aliphatic heterocycles. The summed E-state index contributed by atoms with van der Waals surface area (Å²) in [5.74, 6) is -0.187. The van der Waals surface area contributed by atoms with Gasteiger partial charge >= 0.3 is 0 Å². The van der Waals surface area contributed by atoms with E-state index in [1.165, 1.54) is 0 Å². The second kappa shape index (κ2) is 7.18. The Bertz CT molecular complexity index is 538. The molecule has 1 heterocycles. The maximum absolute atomic E-state index is 11.5. The van der Waals surface area contributed by atoms with Gasteiger partial charge < -0.3 is 5.32 Å². The van der Waals surface area contributed by atoms with Gasteiger partial charge in [-0.05, 0) is 23.3 Å². The highest BCUT2D eigenvalue weighted by atomic mass is 16.1. The minimum absolute atomic E-state index is 0.187. The first-order chi connectivity index (χ1) is 9.34. The Morgan fingerprint density at radius 1 is 1.16 bits per heavy atom. The third-order valence-corrected chi connectivity index (χ3v) is 2.51. The molecular formula is C15H15N3O. The van der Waals surface area contributed by atoms with E-state index in [0.29, 0.717) is 6.54 Å². The first-order valence-corrected chi connectivity index (χ1v) is 6.06. The van der Waals surface area contributed by atoms with E-state index in [9.17, 15) is 4.79 Å². The standard InChI is InChI=1S/C15H15N3O/c19-15(18-11-14-6-8-16-9-7-14)12-17-10-13-4-2-1-3-5-13/h1-9,11,17H,10,12H2. The molecule has 0 bridgehead atoms. The molecule has 96 valence electrons. The van der Waals surface area contributed by atoms with Crippen LogP contribution in [0.5, 0.6) is 0 Å². The van der Waals surface area contributed by atoms with Gasteiger partial charge in [-0.15, -0.1) is 0 Å². The second-order valence-electron chi connectivity index (χ2n) is 4.02. The highest BCUT2D eigenvalue weighted by molar-refractivity contribution is 5.92. The maximum atomic E-state index is 11.5. The molecular weight excluding hydrogens is 238 g/mol. The number of carbonyl (C=O) groups excluding carboxylic acids is 1. The van der Waals surface area contributed by atoms with E-state index in [0.717, 1.165) is 11.1 Å². The van der Waals surface area contributed by atoms with Crippen molar-refractivity contribution in [1.29, 1.82) is 0 Å². The van der Waals surface area contributed by atoms with Crippen LogP contribution in [0.3, 0.4) is 0 Å². The molecule has 0 saturated heterocycles. The maximum Gasteiger partial charge on any atom is 0.259 e. The minimum Gasteiger partial charge on any atom is -0.304 e. The number of aromatic nitrogens is 1. The van der Waals surface area contributed by atoms with Gasteiger partial charge in [0.05, 0.1) is 6.54 Å². The minimum atomic E-state index is -0.187. The number of aliphatic imine (C=N–C) groups is 1. The summed E-state index contributed by atoms with van der Waals surface area (Å²) in [6.45, 7) is 0.897. The van der Waals surface area contributed by atoms with Crippen LogP contribution < -0.4 is 5.32 Å². The number of hydrogen-bond acceptors (Lipinski definition) is 3. The van der Waals surface area contributed by atoms with Gasteiger partial charge in [-0.3, -0.25) is 9.78 Å². The first kappa shape index (κ1) is 13.1. The number of nitrogens with one attached hydrogen (secondary N) is 1. The average molecular weight is 253 g/mol. The van der Waals surface area contributed by atoms with Gasteiger partial charge in [-0.1, -0.05) is 30.3 Å². The summed E-state index contributed by atoms with van der Waals surface area (Å²) in [6, 6.07) is 13.5. The molecule has 0 unspecified atom stereocenters. The van der Waals surface area contributed by atoms with E-state index in [4.69, 9.17) is 0 Å². The summed E-state index contributed by atoms with van der Waals surface area (Å²) in [6.07, 6.45) is 4.88. The molecule has 19 heavy (non-hydrogen) atoms. The van der Waals surface area contributed by atoms with Crippen LogP contribution in [0.15, 0.2) is 59.9 Å². The molecule has 1 aromatic heterocycles. The fourth-order valence-electron chi connectivity index (χ4n) is 1.55. The van der Waals surface area contributed by atoms with Crippen LogP contribution in [-0.4, -0.2) is 23.7 Å². The van der Waals surface area contributed by atoms with E-state index < -0.39 is 0 Å². The predicted molar refractivity (Wildman–Crippen MR) is 75.0 cm³/mol.